The van der Waals surface area contributed by atoms with Crippen molar-refractivity contribution >= 4 is 0 Å². The lowest BCUT2D eigenvalue weighted by Crippen LogP contribution is -2.48. The lowest BCUT2D eigenvalue weighted by atomic mass is 9.69. The Balaban J connectivity index is 1.82. The largest absolute Gasteiger partial charge is 0.271 e. The number of hydrazine groups is 1. The third-order valence-electron chi connectivity index (χ3n) is 4.84. The van der Waals surface area contributed by atoms with Crippen molar-refractivity contribution in [1.29, 1.82) is 0 Å². The summed E-state index contributed by atoms with van der Waals surface area (Å²) in [6.07, 6.45) is 10.4. The van der Waals surface area contributed by atoms with Gasteiger partial charge < -0.3 is 0 Å². The predicted octanol–water partition coefficient (Wildman–Crippen LogP) is 3.81. The molecule has 0 amide bonds. The molecule has 0 aliphatic heterocycles. The third-order valence-corrected chi connectivity index (χ3v) is 4.84. The molecule has 1 aromatic carbocycles. The third kappa shape index (κ3) is 4.05. The SMILES string of the molecule is CC1(C(CCCc2ccccc2)NN)CCCCC1. The van der Waals surface area contributed by atoms with E-state index in [1.54, 1.807) is 0 Å². The fourth-order valence-electron chi connectivity index (χ4n) is 3.50. The van der Waals surface area contributed by atoms with Crippen LogP contribution in [0.15, 0.2) is 30.3 Å². The zero-order valence-corrected chi connectivity index (χ0v) is 12.2. The number of aryl methyl sites for hydroxylation is 1. The average molecular weight is 260 g/mol. The van der Waals surface area contributed by atoms with E-state index in [0.717, 1.165) is 6.42 Å². The van der Waals surface area contributed by atoms with E-state index < -0.39 is 0 Å². The summed E-state index contributed by atoms with van der Waals surface area (Å²) >= 11 is 0. The Morgan fingerprint density at radius 2 is 1.84 bits per heavy atom. The highest BCUT2D eigenvalue weighted by atomic mass is 15.2. The first-order valence-corrected chi connectivity index (χ1v) is 7.75. The molecule has 19 heavy (non-hydrogen) atoms. The molecular weight excluding hydrogens is 232 g/mol. The normalized spacial score (nSPS) is 20.1. The molecule has 1 saturated carbocycles. The predicted molar refractivity (Wildman–Crippen MR) is 81.7 cm³/mol. The summed E-state index contributed by atoms with van der Waals surface area (Å²) in [4.78, 5) is 0. The molecule has 1 unspecified atom stereocenters. The van der Waals surface area contributed by atoms with E-state index in [0.29, 0.717) is 11.5 Å². The molecule has 0 heterocycles. The Morgan fingerprint density at radius 3 is 2.47 bits per heavy atom. The summed E-state index contributed by atoms with van der Waals surface area (Å²) < 4.78 is 0. The van der Waals surface area contributed by atoms with Crippen molar-refractivity contribution in [2.24, 2.45) is 11.3 Å². The number of hydrogen-bond donors (Lipinski definition) is 2. The maximum Gasteiger partial charge on any atom is 0.0264 e. The molecule has 1 aliphatic rings. The van der Waals surface area contributed by atoms with Gasteiger partial charge in [0.05, 0.1) is 0 Å². The van der Waals surface area contributed by atoms with Crippen LogP contribution in [0, 0.1) is 5.41 Å². The Labute approximate surface area is 117 Å². The highest BCUT2D eigenvalue weighted by Gasteiger charge is 2.34. The van der Waals surface area contributed by atoms with Crippen LogP contribution >= 0.6 is 0 Å². The van der Waals surface area contributed by atoms with Crippen molar-refractivity contribution in [2.45, 2.75) is 64.3 Å². The highest BCUT2D eigenvalue weighted by Crippen LogP contribution is 2.40. The summed E-state index contributed by atoms with van der Waals surface area (Å²) in [5.74, 6) is 5.82. The Hall–Kier alpha value is -0.860. The van der Waals surface area contributed by atoms with Crippen LogP contribution < -0.4 is 11.3 Å². The van der Waals surface area contributed by atoms with Gasteiger partial charge in [-0.25, -0.2) is 0 Å². The summed E-state index contributed by atoms with van der Waals surface area (Å²) in [6, 6.07) is 11.2. The first-order chi connectivity index (χ1) is 9.24. The molecule has 1 aromatic rings. The van der Waals surface area contributed by atoms with Crippen molar-refractivity contribution in [3.8, 4) is 0 Å². The maximum absolute atomic E-state index is 5.82. The zero-order valence-electron chi connectivity index (χ0n) is 12.2. The van der Waals surface area contributed by atoms with E-state index in [1.807, 2.05) is 0 Å². The van der Waals surface area contributed by atoms with Gasteiger partial charge in [0.15, 0.2) is 0 Å². The Kier molecular flexibility index (Phi) is 5.41. The van der Waals surface area contributed by atoms with E-state index in [2.05, 4.69) is 42.7 Å². The molecule has 2 nitrogen and oxygen atoms in total. The summed E-state index contributed by atoms with van der Waals surface area (Å²) in [5.41, 5.74) is 4.94. The van der Waals surface area contributed by atoms with E-state index in [4.69, 9.17) is 5.84 Å². The molecule has 3 N–H and O–H groups in total. The van der Waals surface area contributed by atoms with Crippen molar-refractivity contribution in [3.05, 3.63) is 35.9 Å². The molecule has 0 spiro atoms. The van der Waals surface area contributed by atoms with E-state index >= 15 is 0 Å². The van der Waals surface area contributed by atoms with Crippen LogP contribution in [-0.4, -0.2) is 6.04 Å². The van der Waals surface area contributed by atoms with Gasteiger partial charge in [-0.05, 0) is 43.1 Å². The maximum atomic E-state index is 5.82. The second kappa shape index (κ2) is 7.06. The van der Waals surface area contributed by atoms with Gasteiger partial charge in [0.2, 0.25) is 0 Å². The highest BCUT2D eigenvalue weighted by molar-refractivity contribution is 5.14. The van der Waals surface area contributed by atoms with E-state index in [-0.39, 0.29) is 0 Å². The molecule has 1 aliphatic carbocycles. The zero-order chi connectivity index (χ0) is 13.6. The van der Waals surface area contributed by atoms with Crippen LogP contribution in [0.4, 0.5) is 0 Å². The average Bonchev–Trinajstić information content (AvgIpc) is 2.45. The minimum absolute atomic E-state index is 0.406. The molecule has 0 saturated heterocycles. The van der Waals surface area contributed by atoms with Crippen LogP contribution in [0.1, 0.15) is 57.4 Å². The van der Waals surface area contributed by atoms with Crippen LogP contribution in [0.2, 0.25) is 0 Å². The number of benzene rings is 1. The van der Waals surface area contributed by atoms with Crippen LogP contribution in [0.25, 0.3) is 0 Å². The molecule has 106 valence electrons. The molecule has 1 fully saturated rings. The van der Waals surface area contributed by atoms with Crippen LogP contribution in [-0.2, 0) is 6.42 Å². The first-order valence-electron chi connectivity index (χ1n) is 7.75. The van der Waals surface area contributed by atoms with Crippen molar-refractivity contribution < 1.29 is 0 Å². The molecule has 1 atom stereocenters. The summed E-state index contributed by atoms with van der Waals surface area (Å²) in [7, 11) is 0. The number of hydrogen-bond acceptors (Lipinski definition) is 2. The molecule has 2 rings (SSSR count). The minimum Gasteiger partial charge on any atom is -0.271 e. The number of nitrogens with two attached hydrogens (primary N) is 1. The number of nitrogens with one attached hydrogen (secondary N) is 1. The number of rotatable bonds is 6. The van der Waals surface area contributed by atoms with Gasteiger partial charge in [-0.1, -0.05) is 56.5 Å². The standard InChI is InChI=1S/C17H28N2/c1-17(13-6-3-7-14-17)16(19-18)12-8-11-15-9-4-2-5-10-15/h2,4-5,9-10,16,19H,3,6-8,11-14,18H2,1H3. The van der Waals surface area contributed by atoms with Gasteiger partial charge in [0.1, 0.15) is 0 Å². The fraction of sp³-hybridized carbons (Fsp3) is 0.647. The lowest BCUT2D eigenvalue weighted by Gasteiger charge is -2.40. The first kappa shape index (κ1) is 14.5. The molecule has 0 radical (unpaired) electrons. The van der Waals surface area contributed by atoms with E-state index in [1.165, 1.54) is 50.5 Å². The molecule has 0 bridgehead atoms. The molecular formula is C17H28N2. The van der Waals surface area contributed by atoms with Crippen LogP contribution in [0.3, 0.4) is 0 Å². The van der Waals surface area contributed by atoms with Gasteiger partial charge in [-0.15, -0.1) is 0 Å². The van der Waals surface area contributed by atoms with Crippen molar-refractivity contribution in [2.75, 3.05) is 0 Å². The fourth-order valence-corrected chi connectivity index (χ4v) is 3.50. The molecule has 0 aromatic heterocycles. The monoisotopic (exact) mass is 260 g/mol. The van der Waals surface area contributed by atoms with E-state index in [9.17, 15) is 0 Å². The second-order valence-corrected chi connectivity index (χ2v) is 6.31. The van der Waals surface area contributed by atoms with Crippen LogP contribution in [0.5, 0.6) is 0 Å². The summed E-state index contributed by atoms with van der Waals surface area (Å²) in [5, 5.41) is 0. The molecule has 2 heteroatoms. The second-order valence-electron chi connectivity index (χ2n) is 6.31. The minimum atomic E-state index is 0.406. The van der Waals surface area contributed by atoms with Gasteiger partial charge in [0.25, 0.3) is 0 Å². The Morgan fingerprint density at radius 1 is 1.16 bits per heavy atom. The van der Waals surface area contributed by atoms with Crippen molar-refractivity contribution in [3.63, 3.8) is 0 Å². The summed E-state index contributed by atoms with van der Waals surface area (Å²) in [6.45, 7) is 2.42. The smallest absolute Gasteiger partial charge is 0.0264 e. The lowest BCUT2D eigenvalue weighted by molar-refractivity contribution is 0.136. The topological polar surface area (TPSA) is 38.0 Å². The van der Waals surface area contributed by atoms with Crippen molar-refractivity contribution in [1.82, 2.24) is 5.43 Å². The Bertz CT molecular complexity index is 355. The van der Waals surface area contributed by atoms with Gasteiger partial charge >= 0.3 is 0 Å². The van der Waals surface area contributed by atoms with Gasteiger partial charge in [-0.2, -0.15) is 0 Å². The van der Waals surface area contributed by atoms with Gasteiger partial charge in [0, 0.05) is 6.04 Å². The quantitative estimate of drug-likeness (QED) is 0.603. The van der Waals surface area contributed by atoms with Gasteiger partial charge in [-0.3, -0.25) is 11.3 Å².